The van der Waals surface area contributed by atoms with Gasteiger partial charge in [-0.2, -0.15) is 0 Å². The van der Waals surface area contributed by atoms with E-state index in [1.165, 1.54) is 4.88 Å². The van der Waals surface area contributed by atoms with Crippen LogP contribution >= 0.6 is 11.3 Å². The maximum atomic E-state index is 11.6. The van der Waals surface area contributed by atoms with Crippen molar-refractivity contribution in [3.8, 4) is 0 Å². The number of rotatable bonds is 5. The molecular weight excluding hydrogens is 246 g/mol. The largest absolute Gasteiger partial charge is 0.466 e. The Kier molecular flexibility index (Phi) is 5.20. The summed E-state index contributed by atoms with van der Waals surface area (Å²) in [6.45, 7) is 3.31. The average molecular weight is 267 g/mol. The van der Waals surface area contributed by atoms with E-state index in [1.54, 1.807) is 11.3 Å². The minimum atomic E-state index is -0.00536. The highest BCUT2D eigenvalue weighted by molar-refractivity contribution is 7.09. The predicted octanol–water partition coefficient (Wildman–Crippen LogP) is 2.96. The molecule has 1 aromatic rings. The number of carbonyl (C=O) groups is 1. The van der Waals surface area contributed by atoms with Gasteiger partial charge in [0.2, 0.25) is 0 Å². The highest BCUT2D eigenvalue weighted by Crippen LogP contribution is 2.25. The molecule has 0 atom stereocenters. The zero-order chi connectivity index (χ0) is 12.8. The molecule has 0 unspecified atom stereocenters. The first-order valence-corrected chi connectivity index (χ1v) is 7.60. The van der Waals surface area contributed by atoms with Crippen molar-refractivity contribution in [3.63, 3.8) is 0 Å². The highest BCUT2D eigenvalue weighted by atomic mass is 32.1. The first-order valence-electron chi connectivity index (χ1n) is 6.72. The molecule has 1 fully saturated rings. The standard InChI is InChI=1S/C14H21NO2S/c1-2-17-14(16)11-5-7-12(8-6-11)15-10-13-4-3-9-18-13/h3-4,9,11-12,15H,2,5-8,10H2,1H3. The van der Waals surface area contributed by atoms with E-state index in [4.69, 9.17) is 4.74 Å². The van der Waals surface area contributed by atoms with Crippen LogP contribution in [0.15, 0.2) is 17.5 Å². The van der Waals surface area contributed by atoms with E-state index in [-0.39, 0.29) is 11.9 Å². The van der Waals surface area contributed by atoms with Gasteiger partial charge in [-0.1, -0.05) is 6.07 Å². The van der Waals surface area contributed by atoms with Crippen LogP contribution in [-0.4, -0.2) is 18.6 Å². The second-order valence-electron chi connectivity index (χ2n) is 4.76. The third-order valence-corrected chi connectivity index (χ3v) is 4.37. The van der Waals surface area contributed by atoms with E-state index in [0.29, 0.717) is 12.6 Å². The maximum Gasteiger partial charge on any atom is 0.308 e. The van der Waals surface area contributed by atoms with E-state index in [1.807, 2.05) is 6.92 Å². The third-order valence-electron chi connectivity index (χ3n) is 3.49. The molecule has 3 nitrogen and oxygen atoms in total. The van der Waals surface area contributed by atoms with Crippen LogP contribution in [0.2, 0.25) is 0 Å². The molecule has 1 N–H and O–H groups in total. The molecule has 4 heteroatoms. The topological polar surface area (TPSA) is 38.3 Å². The predicted molar refractivity (Wildman–Crippen MR) is 73.5 cm³/mol. The quantitative estimate of drug-likeness (QED) is 0.834. The van der Waals surface area contributed by atoms with Gasteiger partial charge >= 0.3 is 5.97 Å². The Labute approximate surface area is 113 Å². The first kappa shape index (κ1) is 13.6. The molecular formula is C14H21NO2S. The van der Waals surface area contributed by atoms with Gasteiger partial charge in [0.25, 0.3) is 0 Å². The summed E-state index contributed by atoms with van der Waals surface area (Å²) in [7, 11) is 0. The number of ether oxygens (including phenoxy) is 1. The smallest absolute Gasteiger partial charge is 0.308 e. The van der Waals surface area contributed by atoms with Gasteiger partial charge in [0.15, 0.2) is 0 Å². The number of carbonyl (C=O) groups excluding carboxylic acids is 1. The monoisotopic (exact) mass is 267 g/mol. The molecule has 2 rings (SSSR count). The lowest BCUT2D eigenvalue weighted by molar-refractivity contribution is -0.149. The maximum absolute atomic E-state index is 11.6. The fourth-order valence-electron chi connectivity index (χ4n) is 2.45. The molecule has 0 aliphatic heterocycles. The van der Waals surface area contributed by atoms with Gasteiger partial charge in [0.05, 0.1) is 12.5 Å². The van der Waals surface area contributed by atoms with Crippen molar-refractivity contribution in [3.05, 3.63) is 22.4 Å². The van der Waals surface area contributed by atoms with Crippen molar-refractivity contribution in [2.75, 3.05) is 6.61 Å². The Morgan fingerprint density at radius 1 is 1.44 bits per heavy atom. The van der Waals surface area contributed by atoms with Crippen LogP contribution in [0.5, 0.6) is 0 Å². The van der Waals surface area contributed by atoms with E-state index in [9.17, 15) is 4.79 Å². The fourth-order valence-corrected chi connectivity index (χ4v) is 3.11. The molecule has 100 valence electrons. The number of nitrogens with one attached hydrogen (secondary N) is 1. The molecule has 0 spiro atoms. The lowest BCUT2D eigenvalue weighted by Gasteiger charge is -2.27. The number of thiophene rings is 1. The molecule has 0 bridgehead atoms. The van der Waals surface area contributed by atoms with Gasteiger partial charge in [-0.15, -0.1) is 11.3 Å². The molecule has 1 aromatic heterocycles. The van der Waals surface area contributed by atoms with Gasteiger partial charge in [-0.25, -0.2) is 0 Å². The summed E-state index contributed by atoms with van der Waals surface area (Å²) < 4.78 is 5.08. The Morgan fingerprint density at radius 3 is 2.83 bits per heavy atom. The lowest BCUT2D eigenvalue weighted by Crippen LogP contribution is -2.34. The highest BCUT2D eigenvalue weighted by Gasteiger charge is 2.26. The Morgan fingerprint density at radius 2 is 2.22 bits per heavy atom. The van der Waals surface area contributed by atoms with Crippen molar-refractivity contribution in [1.29, 1.82) is 0 Å². The molecule has 18 heavy (non-hydrogen) atoms. The van der Waals surface area contributed by atoms with Crippen molar-refractivity contribution >= 4 is 17.3 Å². The molecule has 1 saturated carbocycles. The van der Waals surface area contributed by atoms with Gasteiger partial charge in [-0.05, 0) is 44.1 Å². The van der Waals surface area contributed by atoms with Crippen molar-refractivity contribution in [1.82, 2.24) is 5.32 Å². The minimum Gasteiger partial charge on any atom is -0.466 e. The van der Waals surface area contributed by atoms with Crippen molar-refractivity contribution < 1.29 is 9.53 Å². The summed E-state index contributed by atoms with van der Waals surface area (Å²) in [4.78, 5) is 13.0. The summed E-state index contributed by atoms with van der Waals surface area (Å²) in [5.74, 6) is 0.124. The van der Waals surface area contributed by atoms with Crippen LogP contribution in [0.25, 0.3) is 0 Å². The summed E-state index contributed by atoms with van der Waals surface area (Å²) in [6, 6.07) is 4.79. The van der Waals surface area contributed by atoms with Crippen LogP contribution in [0, 0.1) is 5.92 Å². The zero-order valence-electron chi connectivity index (χ0n) is 10.9. The molecule has 0 amide bonds. The van der Waals surface area contributed by atoms with Crippen LogP contribution in [0.1, 0.15) is 37.5 Å². The SMILES string of the molecule is CCOC(=O)C1CCC(NCc2cccs2)CC1. The van der Waals surface area contributed by atoms with E-state index < -0.39 is 0 Å². The second kappa shape index (κ2) is 6.90. The van der Waals surface area contributed by atoms with Crippen LogP contribution in [-0.2, 0) is 16.1 Å². The molecule has 1 aliphatic rings. The normalized spacial score (nSPS) is 23.8. The van der Waals surface area contributed by atoms with Gasteiger partial charge in [0.1, 0.15) is 0 Å². The van der Waals surface area contributed by atoms with E-state index in [0.717, 1.165) is 32.2 Å². The van der Waals surface area contributed by atoms with Gasteiger partial charge < -0.3 is 10.1 Å². The lowest BCUT2D eigenvalue weighted by atomic mass is 9.86. The van der Waals surface area contributed by atoms with Crippen molar-refractivity contribution in [2.24, 2.45) is 5.92 Å². The number of esters is 1. The Bertz CT molecular complexity index is 356. The molecule has 1 heterocycles. The van der Waals surface area contributed by atoms with E-state index >= 15 is 0 Å². The van der Waals surface area contributed by atoms with Crippen LogP contribution in [0.4, 0.5) is 0 Å². The Hall–Kier alpha value is -0.870. The summed E-state index contributed by atoms with van der Waals surface area (Å²) in [6.07, 6.45) is 4.07. The average Bonchev–Trinajstić information content (AvgIpc) is 2.90. The number of hydrogen-bond acceptors (Lipinski definition) is 4. The Balaban J connectivity index is 1.68. The molecule has 1 aliphatic carbocycles. The minimum absolute atomic E-state index is 0.00536. The number of hydrogen-bond donors (Lipinski definition) is 1. The van der Waals surface area contributed by atoms with Crippen molar-refractivity contribution in [2.45, 2.75) is 45.2 Å². The molecule has 0 aromatic carbocycles. The summed E-state index contributed by atoms with van der Waals surface area (Å²) in [5.41, 5.74) is 0. The zero-order valence-corrected chi connectivity index (χ0v) is 11.7. The molecule has 0 radical (unpaired) electrons. The third kappa shape index (κ3) is 3.82. The van der Waals surface area contributed by atoms with Crippen LogP contribution < -0.4 is 5.32 Å². The fraction of sp³-hybridized carbons (Fsp3) is 0.643. The summed E-state index contributed by atoms with van der Waals surface area (Å²) in [5, 5.41) is 5.68. The molecule has 0 saturated heterocycles. The second-order valence-corrected chi connectivity index (χ2v) is 5.79. The first-order chi connectivity index (χ1) is 8.79. The van der Waals surface area contributed by atoms with Gasteiger partial charge in [0, 0.05) is 17.5 Å². The summed E-state index contributed by atoms with van der Waals surface area (Å²) >= 11 is 1.79. The van der Waals surface area contributed by atoms with Gasteiger partial charge in [-0.3, -0.25) is 4.79 Å². The van der Waals surface area contributed by atoms with Crippen LogP contribution in [0.3, 0.4) is 0 Å². The van der Waals surface area contributed by atoms with E-state index in [2.05, 4.69) is 22.8 Å².